The van der Waals surface area contributed by atoms with Gasteiger partial charge in [0.25, 0.3) is 0 Å². The molecule has 116 valence electrons. The zero-order chi connectivity index (χ0) is 14.9. The summed E-state index contributed by atoms with van der Waals surface area (Å²) in [4.78, 5) is 0. The van der Waals surface area contributed by atoms with Crippen LogP contribution in [0.5, 0.6) is 0 Å². The van der Waals surface area contributed by atoms with E-state index < -0.39 is 25.7 Å². The van der Waals surface area contributed by atoms with Crippen molar-refractivity contribution in [2.24, 2.45) is 0 Å². The molecule has 0 saturated carbocycles. The van der Waals surface area contributed by atoms with Gasteiger partial charge in [0.15, 0.2) is 9.84 Å². The van der Waals surface area contributed by atoms with Crippen molar-refractivity contribution < 1.29 is 21.9 Å². The zero-order valence-corrected chi connectivity index (χ0v) is 13.6. The average molecular weight is 313 g/mol. The third kappa shape index (κ3) is 9.54. The minimum absolute atomic E-state index is 0.174. The summed E-state index contributed by atoms with van der Waals surface area (Å²) in [5.41, 5.74) is 0. The molecule has 0 amide bonds. The Kier molecular flexibility index (Phi) is 9.06. The second-order valence-electron chi connectivity index (χ2n) is 5.47. The molecule has 0 saturated heterocycles. The molecule has 1 atom stereocenters. The van der Waals surface area contributed by atoms with Gasteiger partial charge in [-0.3, -0.25) is 4.21 Å². The highest BCUT2D eigenvalue weighted by Crippen LogP contribution is 2.17. The molecule has 1 unspecified atom stereocenters. The molecule has 7 heteroatoms. The van der Waals surface area contributed by atoms with Crippen LogP contribution in [-0.2, 0) is 25.7 Å². The van der Waals surface area contributed by atoms with E-state index in [9.17, 15) is 17.2 Å². The Hall–Kier alpha value is 0.0200. The van der Waals surface area contributed by atoms with Crippen LogP contribution >= 0.6 is 0 Å². The lowest BCUT2D eigenvalue weighted by Crippen LogP contribution is -2.30. The molecule has 19 heavy (non-hydrogen) atoms. The lowest BCUT2D eigenvalue weighted by atomic mass is 10.3. The van der Waals surface area contributed by atoms with Crippen molar-refractivity contribution in [3.63, 3.8) is 0 Å². The topological polar surface area (TPSA) is 83.5 Å². The van der Waals surface area contributed by atoms with Gasteiger partial charge in [-0.15, -0.1) is 0 Å². The van der Waals surface area contributed by atoms with Gasteiger partial charge in [0.05, 0.1) is 10.5 Å². The van der Waals surface area contributed by atoms with Gasteiger partial charge in [-0.25, -0.2) is 8.42 Å². The molecule has 0 heterocycles. The number of hydrogen-bond acceptors (Lipinski definition) is 5. The van der Waals surface area contributed by atoms with Crippen molar-refractivity contribution in [1.82, 2.24) is 0 Å². The van der Waals surface area contributed by atoms with Crippen LogP contribution in [0.2, 0.25) is 0 Å². The molecule has 0 aliphatic heterocycles. The van der Waals surface area contributed by atoms with E-state index in [1.54, 1.807) is 20.8 Å². The molecular weight excluding hydrogens is 288 g/mol. The van der Waals surface area contributed by atoms with E-state index in [0.717, 1.165) is 0 Å². The summed E-state index contributed by atoms with van der Waals surface area (Å²) < 4.78 is 48.7. The second kappa shape index (κ2) is 9.05. The van der Waals surface area contributed by atoms with Crippen molar-refractivity contribution in [1.29, 1.82) is 0 Å². The molecule has 5 nitrogen and oxygen atoms in total. The van der Waals surface area contributed by atoms with Crippen molar-refractivity contribution in [2.45, 2.75) is 51.2 Å². The average Bonchev–Trinajstić information content (AvgIpc) is 2.24. The van der Waals surface area contributed by atoms with Crippen LogP contribution in [0.25, 0.3) is 0 Å². The number of ether oxygens (including phenoxy) is 1. The van der Waals surface area contributed by atoms with E-state index in [2.05, 4.69) is 0 Å². The lowest BCUT2D eigenvalue weighted by Gasteiger charge is -2.18. The van der Waals surface area contributed by atoms with Crippen LogP contribution in [0.3, 0.4) is 0 Å². The van der Waals surface area contributed by atoms with Gasteiger partial charge < -0.3 is 9.29 Å². The fraction of sp³-hybridized carbons (Fsp3) is 1.00. The third-order valence-electron chi connectivity index (χ3n) is 2.73. The maximum absolute atomic E-state index is 11.8. The quantitative estimate of drug-likeness (QED) is 0.452. The Bertz CT molecular complexity index is 357. The summed E-state index contributed by atoms with van der Waals surface area (Å²) in [5.74, 6) is 0.363. The molecular formula is C12H25O5S2-. The van der Waals surface area contributed by atoms with E-state index in [1.807, 2.05) is 0 Å². The molecule has 0 fully saturated rings. The van der Waals surface area contributed by atoms with Crippen LogP contribution in [0.1, 0.15) is 46.5 Å². The zero-order valence-electron chi connectivity index (χ0n) is 12.0. The highest BCUT2D eigenvalue weighted by molar-refractivity contribution is 7.92. The smallest absolute Gasteiger partial charge is 0.155 e. The van der Waals surface area contributed by atoms with Crippen molar-refractivity contribution in [3.8, 4) is 0 Å². The molecule has 0 rings (SSSR count). The number of unbranched alkanes of at least 4 members (excludes halogenated alkanes) is 2. The predicted molar refractivity (Wildman–Crippen MR) is 76.6 cm³/mol. The first-order valence-corrected chi connectivity index (χ1v) is 9.42. The van der Waals surface area contributed by atoms with Crippen LogP contribution in [0, 0.1) is 0 Å². The van der Waals surface area contributed by atoms with Gasteiger partial charge in [-0.1, -0.05) is 11.1 Å². The minimum Gasteiger partial charge on any atom is -0.772 e. The second-order valence-corrected chi connectivity index (χ2v) is 9.34. The van der Waals surface area contributed by atoms with Crippen molar-refractivity contribution in [3.05, 3.63) is 0 Å². The van der Waals surface area contributed by atoms with Gasteiger partial charge in [-0.05, 0) is 46.5 Å². The molecule has 0 bridgehead atoms. The molecule has 0 aromatic rings. The Labute approximate surface area is 119 Å². The Balaban J connectivity index is 3.49. The largest absolute Gasteiger partial charge is 0.772 e. The summed E-state index contributed by atoms with van der Waals surface area (Å²) in [6.45, 7) is 6.18. The van der Waals surface area contributed by atoms with Crippen LogP contribution in [0.15, 0.2) is 0 Å². The Morgan fingerprint density at radius 2 is 1.58 bits per heavy atom. The van der Waals surface area contributed by atoms with Gasteiger partial charge in [-0.2, -0.15) is 0 Å². The van der Waals surface area contributed by atoms with E-state index in [-0.39, 0.29) is 11.5 Å². The predicted octanol–water partition coefficient (Wildman–Crippen LogP) is 1.66. The van der Waals surface area contributed by atoms with E-state index in [1.165, 1.54) is 0 Å². The van der Waals surface area contributed by atoms with E-state index in [4.69, 9.17) is 4.74 Å². The van der Waals surface area contributed by atoms with Crippen molar-refractivity contribution >= 4 is 20.9 Å². The van der Waals surface area contributed by atoms with Crippen molar-refractivity contribution in [2.75, 3.05) is 24.7 Å². The standard InChI is InChI=1S/C12H26O5S2/c1-12(2,3)19(15,16)11-7-5-9-17-8-4-6-10-18(13)14/h4-11H2,1-3H3,(H,13,14)/p-1. The monoisotopic (exact) mass is 313 g/mol. The molecule has 0 N–H and O–H groups in total. The van der Waals surface area contributed by atoms with Crippen LogP contribution in [-0.4, -0.2) is 46.6 Å². The highest BCUT2D eigenvalue weighted by Gasteiger charge is 2.27. The third-order valence-corrected chi connectivity index (χ3v) is 6.05. The summed E-state index contributed by atoms with van der Waals surface area (Å²) in [6, 6.07) is 0. The molecule has 0 aliphatic rings. The van der Waals surface area contributed by atoms with Gasteiger partial charge >= 0.3 is 0 Å². The number of hydrogen-bond donors (Lipinski definition) is 0. The number of sulfone groups is 1. The SMILES string of the molecule is CC(C)(C)S(=O)(=O)CCCCOCCCCS(=O)[O-]. The van der Waals surface area contributed by atoms with Gasteiger partial charge in [0, 0.05) is 19.0 Å². The van der Waals surface area contributed by atoms with Gasteiger partial charge in [0.2, 0.25) is 0 Å². The normalized spacial score (nSPS) is 14.5. The lowest BCUT2D eigenvalue weighted by molar-refractivity contribution is 0.128. The van der Waals surface area contributed by atoms with E-state index >= 15 is 0 Å². The Morgan fingerprint density at radius 1 is 1.05 bits per heavy atom. The minimum atomic E-state index is -3.03. The fourth-order valence-electron chi connectivity index (χ4n) is 1.33. The number of rotatable bonds is 10. The summed E-state index contributed by atoms with van der Waals surface area (Å²) in [7, 11) is -3.03. The first-order chi connectivity index (χ1) is 8.67. The molecule has 0 aromatic carbocycles. The summed E-state index contributed by atoms with van der Waals surface area (Å²) >= 11 is -1.97. The first-order valence-electron chi connectivity index (χ1n) is 6.53. The maximum atomic E-state index is 11.8. The molecule has 0 aromatic heterocycles. The summed E-state index contributed by atoms with van der Waals surface area (Å²) in [5, 5.41) is 0. The first kappa shape index (κ1) is 19.0. The fourth-order valence-corrected chi connectivity index (χ4v) is 2.96. The maximum Gasteiger partial charge on any atom is 0.155 e. The van der Waals surface area contributed by atoms with E-state index in [0.29, 0.717) is 38.9 Å². The van der Waals surface area contributed by atoms with Crippen LogP contribution in [0.4, 0.5) is 0 Å². The van der Waals surface area contributed by atoms with Gasteiger partial charge in [0.1, 0.15) is 0 Å². The Morgan fingerprint density at radius 3 is 2.05 bits per heavy atom. The van der Waals surface area contributed by atoms with Crippen LogP contribution < -0.4 is 0 Å². The molecule has 0 spiro atoms. The summed E-state index contributed by atoms with van der Waals surface area (Å²) in [6.07, 6.45) is 2.63. The highest BCUT2D eigenvalue weighted by atomic mass is 32.2. The molecule has 0 aliphatic carbocycles. The molecule has 0 radical (unpaired) electrons.